The summed E-state index contributed by atoms with van der Waals surface area (Å²) in [6.07, 6.45) is 1.03. The average Bonchev–Trinajstić information content (AvgIpc) is 1.79. The van der Waals surface area contributed by atoms with Crippen LogP contribution in [-0.4, -0.2) is 23.0 Å². The van der Waals surface area contributed by atoms with E-state index in [0.29, 0.717) is 12.1 Å². The van der Waals surface area contributed by atoms with Crippen LogP contribution < -0.4 is 11.5 Å². The number of nitrogens with two attached hydrogens (primary N) is 2. The molecule has 1 fully saturated rings. The molecule has 1 aliphatic carbocycles. The molecule has 2 atom stereocenters. The summed E-state index contributed by atoms with van der Waals surface area (Å²) >= 11 is 0. The van der Waals surface area contributed by atoms with Gasteiger partial charge in [0.1, 0.15) is 0 Å². The molecule has 5 heteroatoms. The van der Waals surface area contributed by atoms with Crippen molar-refractivity contribution in [3.8, 4) is 0 Å². The maximum Gasteiger partial charge on any atom is 0.0208 e. The number of hydrogen-bond donors (Lipinski definition) is 2. The second-order valence-corrected chi connectivity index (χ2v) is 1.56. The largest absolute Gasteiger partial charge is 0.412 e. The van der Waals surface area contributed by atoms with Crippen molar-refractivity contribution >= 4 is 0 Å². The van der Waals surface area contributed by atoms with Gasteiger partial charge in [-0.15, -0.1) is 0 Å². The van der Waals surface area contributed by atoms with Crippen molar-refractivity contribution < 1.29 is 32.0 Å². The van der Waals surface area contributed by atoms with Crippen LogP contribution in [0.3, 0.4) is 0 Å². The first-order valence-electron chi connectivity index (χ1n) is 1.82. The van der Waals surface area contributed by atoms with E-state index in [2.05, 4.69) is 0 Å². The molecule has 0 aromatic heterocycles. The van der Waals surface area contributed by atoms with Gasteiger partial charge in [0, 0.05) is 33.1 Å². The Bertz CT molecular complexity index is 48.5. The predicted molar refractivity (Wildman–Crippen MR) is 27.8 cm³/mol. The molecule has 0 heterocycles. The molecule has 0 aromatic rings. The van der Waals surface area contributed by atoms with Gasteiger partial charge < -0.3 is 22.4 Å². The molecule has 56 valence electrons. The van der Waals surface area contributed by atoms with Gasteiger partial charge in [0.2, 0.25) is 0 Å². The third-order valence-electron chi connectivity index (χ3n) is 0.891. The number of hydrogen-bond acceptors (Lipinski definition) is 2. The Hall–Kier alpha value is 0.528. The summed E-state index contributed by atoms with van der Waals surface area (Å²) in [6.45, 7) is 0. The molecule has 0 saturated heterocycles. The average molecular weight is 303 g/mol. The van der Waals surface area contributed by atoms with Crippen LogP contribution in [0.5, 0.6) is 0 Å². The Kier molecular flexibility index (Phi) is 11.2. The molecule has 1 saturated carbocycles. The van der Waals surface area contributed by atoms with E-state index in [1.165, 1.54) is 0 Å². The van der Waals surface area contributed by atoms with Gasteiger partial charge in [0.25, 0.3) is 0 Å². The van der Waals surface area contributed by atoms with Gasteiger partial charge in [0.15, 0.2) is 0 Å². The van der Waals surface area contributed by atoms with E-state index in [9.17, 15) is 0 Å². The molecule has 1 rings (SSSR count). The quantitative estimate of drug-likeness (QED) is 0.510. The first-order chi connectivity index (χ1) is 2.30. The summed E-state index contributed by atoms with van der Waals surface area (Å²) in [4.78, 5) is 0. The molecule has 0 aliphatic heterocycles. The summed E-state index contributed by atoms with van der Waals surface area (Å²) in [6, 6.07) is 0.657. The van der Waals surface area contributed by atoms with Crippen LogP contribution in [0.1, 0.15) is 6.42 Å². The van der Waals surface area contributed by atoms with Crippen molar-refractivity contribution in [2.24, 2.45) is 11.5 Å². The SMILES string of the molecule is N[C@@H]1C[C@H]1N.O.O.[Pt]. The second-order valence-electron chi connectivity index (χ2n) is 1.56. The fourth-order valence-corrected chi connectivity index (χ4v) is 0.236. The fraction of sp³-hybridized carbons (Fsp3) is 1.00. The molecule has 0 amide bonds. The third-order valence-corrected chi connectivity index (χ3v) is 0.891. The Labute approximate surface area is 62.5 Å². The van der Waals surface area contributed by atoms with E-state index < -0.39 is 0 Å². The van der Waals surface area contributed by atoms with Crippen LogP contribution in [0.25, 0.3) is 0 Å². The van der Waals surface area contributed by atoms with E-state index >= 15 is 0 Å². The van der Waals surface area contributed by atoms with Crippen molar-refractivity contribution in [3.05, 3.63) is 0 Å². The van der Waals surface area contributed by atoms with Crippen LogP contribution >= 0.6 is 0 Å². The zero-order valence-electron chi connectivity index (χ0n) is 4.33. The summed E-state index contributed by atoms with van der Waals surface area (Å²) in [5, 5.41) is 0. The zero-order valence-corrected chi connectivity index (χ0v) is 6.60. The van der Waals surface area contributed by atoms with Crippen LogP contribution in [0.4, 0.5) is 0 Å². The zero-order chi connectivity index (χ0) is 3.86. The summed E-state index contributed by atoms with van der Waals surface area (Å²) in [7, 11) is 0. The van der Waals surface area contributed by atoms with Crippen molar-refractivity contribution in [1.29, 1.82) is 0 Å². The van der Waals surface area contributed by atoms with Crippen molar-refractivity contribution in [3.63, 3.8) is 0 Å². The second kappa shape index (κ2) is 5.66. The minimum absolute atomic E-state index is 0. The molecule has 4 nitrogen and oxygen atoms in total. The van der Waals surface area contributed by atoms with Crippen LogP contribution in [0.2, 0.25) is 0 Å². The van der Waals surface area contributed by atoms with E-state index in [1.807, 2.05) is 0 Å². The molecular weight excluding hydrogens is 291 g/mol. The van der Waals surface area contributed by atoms with Gasteiger partial charge >= 0.3 is 0 Å². The predicted octanol–water partition coefficient (Wildman–Crippen LogP) is -2.61. The van der Waals surface area contributed by atoms with Gasteiger partial charge in [-0.1, -0.05) is 0 Å². The smallest absolute Gasteiger partial charge is 0.0208 e. The van der Waals surface area contributed by atoms with E-state index in [4.69, 9.17) is 11.5 Å². The van der Waals surface area contributed by atoms with Crippen molar-refractivity contribution in [2.75, 3.05) is 0 Å². The standard InChI is InChI=1S/C3H8N2.2H2O.Pt/c4-2-1-3(2)5;;;/h2-3H,1,4-5H2;2*1H2;/t2-,3-;;;/m1.../s1. The topological polar surface area (TPSA) is 115 Å². The van der Waals surface area contributed by atoms with Crippen LogP contribution in [-0.2, 0) is 21.1 Å². The van der Waals surface area contributed by atoms with Crippen molar-refractivity contribution in [1.82, 2.24) is 0 Å². The Morgan fingerprint density at radius 1 is 1.00 bits per heavy atom. The molecule has 1 aliphatic rings. The van der Waals surface area contributed by atoms with E-state index in [-0.39, 0.29) is 32.0 Å². The molecule has 8 N–H and O–H groups in total. The Morgan fingerprint density at radius 2 is 1.12 bits per heavy atom. The molecule has 0 unspecified atom stereocenters. The fourth-order valence-electron chi connectivity index (χ4n) is 0.236. The van der Waals surface area contributed by atoms with Gasteiger partial charge in [0.05, 0.1) is 0 Å². The molecule has 0 radical (unpaired) electrons. The molecule has 0 aromatic carbocycles. The normalized spacial score (nSPS) is 30.8. The van der Waals surface area contributed by atoms with Gasteiger partial charge in [-0.25, -0.2) is 0 Å². The van der Waals surface area contributed by atoms with E-state index in [0.717, 1.165) is 6.42 Å². The summed E-state index contributed by atoms with van der Waals surface area (Å²) in [5.74, 6) is 0. The first kappa shape index (κ1) is 15.8. The molecule has 0 spiro atoms. The van der Waals surface area contributed by atoms with E-state index in [1.54, 1.807) is 0 Å². The maximum atomic E-state index is 5.24. The Morgan fingerprint density at radius 3 is 1.12 bits per heavy atom. The first-order valence-corrected chi connectivity index (χ1v) is 1.82. The Balaban J connectivity index is -0.0000000833. The van der Waals surface area contributed by atoms with Crippen LogP contribution in [0.15, 0.2) is 0 Å². The van der Waals surface area contributed by atoms with Gasteiger partial charge in [-0.3, -0.25) is 0 Å². The summed E-state index contributed by atoms with van der Waals surface area (Å²) in [5.41, 5.74) is 10.5. The minimum atomic E-state index is 0. The summed E-state index contributed by atoms with van der Waals surface area (Å²) < 4.78 is 0. The third kappa shape index (κ3) is 4.68. The number of rotatable bonds is 0. The molecule has 8 heavy (non-hydrogen) atoms. The molecular formula is C3H12N2O2Pt. The van der Waals surface area contributed by atoms with Crippen molar-refractivity contribution in [2.45, 2.75) is 18.5 Å². The van der Waals surface area contributed by atoms with Gasteiger partial charge in [-0.05, 0) is 6.42 Å². The maximum absolute atomic E-state index is 5.24. The molecule has 0 bridgehead atoms. The van der Waals surface area contributed by atoms with Crippen LogP contribution in [0, 0.1) is 0 Å². The monoisotopic (exact) mass is 303 g/mol. The minimum Gasteiger partial charge on any atom is -0.412 e. The van der Waals surface area contributed by atoms with Gasteiger partial charge in [-0.2, -0.15) is 0 Å².